The second-order valence-corrected chi connectivity index (χ2v) is 9.09. The predicted molar refractivity (Wildman–Crippen MR) is 108 cm³/mol. The van der Waals surface area contributed by atoms with Crippen LogP contribution in [0, 0.1) is 0 Å². The van der Waals surface area contributed by atoms with Gasteiger partial charge in [-0.15, -0.1) is 0 Å². The van der Waals surface area contributed by atoms with E-state index in [1.165, 1.54) is 12.8 Å². The fourth-order valence-electron chi connectivity index (χ4n) is 3.09. The molecule has 1 saturated heterocycles. The molecular weight excluding hydrogens is 366 g/mol. The normalized spacial score (nSPS) is 15.1. The van der Waals surface area contributed by atoms with Gasteiger partial charge in [-0.1, -0.05) is 0 Å². The third-order valence-electron chi connectivity index (χ3n) is 4.36. The summed E-state index contributed by atoms with van der Waals surface area (Å²) >= 11 is 0. The van der Waals surface area contributed by atoms with Gasteiger partial charge >= 0.3 is 0 Å². The molecule has 0 spiro atoms. The highest BCUT2D eigenvalue weighted by atomic mass is 32.2. The Morgan fingerprint density at radius 1 is 1.22 bits per heavy atom. The van der Waals surface area contributed by atoms with Gasteiger partial charge in [0.2, 0.25) is 15.9 Å². The Labute approximate surface area is 162 Å². The van der Waals surface area contributed by atoms with Gasteiger partial charge in [-0.05, 0) is 77.0 Å². The summed E-state index contributed by atoms with van der Waals surface area (Å²) in [5.41, 5.74) is 0.445. The molecule has 152 valence electrons. The minimum Gasteiger partial charge on any atom is -0.491 e. The number of anilines is 1. The van der Waals surface area contributed by atoms with Crippen molar-refractivity contribution in [1.82, 2.24) is 10.2 Å². The van der Waals surface area contributed by atoms with E-state index >= 15 is 0 Å². The average Bonchev–Trinajstić information content (AvgIpc) is 3.09. The van der Waals surface area contributed by atoms with Gasteiger partial charge in [0.25, 0.3) is 0 Å². The van der Waals surface area contributed by atoms with Crippen LogP contribution in [0.3, 0.4) is 0 Å². The molecular formula is C19H31N3O4S. The highest BCUT2D eigenvalue weighted by Gasteiger charge is 2.21. The largest absolute Gasteiger partial charge is 0.491 e. The number of nitrogens with zero attached hydrogens (tertiary/aromatic N) is 2. The lowest BCUT2D eigenvalue weighted by Gasteiger charge is -2.22. The number of ether oxygens (including phenoxy) is 1. The standard InChI is InChI=1S/C19H31N3O4S/c1-16(2)26-18-9-7-17(8-10-18)22(27(3,24)25)15-19(23)20-11-6-14-21-12-4-5-13-21/h7-10,16H,4-6,11-15H2,1-3H3,(H,20,23). The number of hydrogen-bond donors (Lipinski definition) is 1. The van der Waals surface area contributed by atoms with E-state index in [0.29, 0.717) is 18.0 Å². The second-order valence-electron chi connectivity index (χ2n) is 7.18. The van der Waals surface area contributed by atoms with Crippen molar-refractivity contribution in [2.45, 2.75) is 39.2 Å². The molecule has 0 unspecified atom stereocenters. The number of nitrogens with one attached hydrogen (secondary N) is 1. The summed E-state index contributed by atoms with van der Waals surface area (Å²) in [6.07, 6.45) is 4.50. The van der Waals surface area contributed by atoms with Gasteiger partial charge in [0, 0.05) is 6.54 Å². The van der Waals surface area contributed by atoms with Gasteiger partial charge in [-0.25, -0.2) is 8.42 Å². The number of rotatable bonds is 10. The molecule has 0 radical (unpaired) electrons. The Hall–Kier alpha value is -1.80. The number of sulfonamides is 1. The van der Waals surface area contributed by atoms with Crippen LogP contribution in [-0.2, 0) is 14.8 Å². The molecule has 7 nitrogen and oxygen atoms in total. The fourth-order valence-corrected chi connectivity index (χ4v) is 3.94. The van der Waals surface area contributed by atoms with E-state index < -0.39 is 10.0 Å². The van der Waals surface area contributed by atoms with Crippen molar-refractivity contribution in [3.05, 3.63) is 24.3 Å². The zero-order valence-electron chi connectivity index (χ0n) is 16.5. The minimum atomic E-state index is -3.57. The summed E-state index contributed by atoms with van der Waals surface area (Å²) in [6.45, 7) is 7.39. The topological polar surface area (TPSA) is 79.0 Å². The van der Waals surface area contributed by atoms with Gasteiger partial charge < -0.3 is 15.0 Å². The molecule has 0 atom stereocenters. The highest BCUT2D eigenvalue weighted by Crippen LogP contribution is 2.22. The Morgan fingerprint density at radius 3 is 2.41 bits per heavy atom. The van der Waals surface area contributed by atoms with E-state index in [4.69, 9.17) is 4.74 Å². The smallest absolute Gasteiger partial charge is 0.240 e. The molecule has 0 saturated carbocycles. The molecule has 0 bridgehead atoms. The van der Waals surface area contributed by atoms with Crippen LogP contribution < -0.4 is 14.4 Å². The maximum absolute atomic E-state index is 12.2. The highest BCUT2D eigenvalue weighted by molar-refractivity contribution is 7.92. The van der Waals surface area contributed by atoms with Crippen molar-refractivity contribution >= 4 is 21.6 Å². The number of amides is 1. The SMILES string of the molecule is CC(C)Oc1ccc(N(CC(=O)NCCCN2CCCC2)S(C)(=O)=O)cc1. The summed E-state index contributed by atoms with van der Waals surface area (Å²) in [5, 5.41) is 2.82. The molecule has 0 aromatic heterocycles. The fraction of sp³-hybridized carbons (Fsp3) is 0.632. The van der Waals surface area contributed by atoms with Crippen molar-refractivity contribution in [1.29, 1.82) is 0 Å². The van der Waals surface area contributed by atoms with E-state index in [2.05, 4.69) is 10.2 Å². The maximum Gasteiger partial charge on any atom is 0.240 e. The van der Waals surface area contributed by atoms with E-state index in [1.54, 1.807) is 24.3 Å². The predicted octanol–water partition coefficient (Wildman–Crippen LogP) is 1.84. The molecule has 8 heteroatoms. The van der Waals surface area contributed by atoms with E-state index in [9.17, 15) is 13.2 Å². The van der Waals surface area contributed by atoms with E-state index in [1.807, 2.05) is 13.8 Å². The van der Waals surface area contributed by atoms with Gasteiger partial charge in [0.15, 0.2) is 0 Å². The lowest BCUT2D eigenvalue weighted by atomic mass is 10.3. The zero-order valence-corrected chi connectivity index (χ0v) is 17.3. The number of hydrogen-bond acceptors (Lipinski definition) is 5. The summed E-state index contributed by atoms with van der Waals surface area (Å²) in [5.74, 6) is 0.359. The molecule has 1 amide bonds. The summed E-state index contributed by atoms with van der Waals surface area (Å²) in [7, 11) is -3.57. The Morgan fingerprint density at radius 2 is 1.85 bits per heavy atom. The average molecular weight is 398 g/mol. The Kier molecular flexibility index (Phi) is 7.91. The Bertz CT molecular complexity index is 698. The number of carbonyl (C=O) groups is 1. The van der Waals surface area contributed by atoms with Crippen molar-refractivity contribution in [2.24, 2.45) is 0 Å². The maximum atomic E-state index is 12.2. The van der Waals surface area contributed by atoms with Crippen LogP contribution in [0.1, 0.15) is 33.1 Å². The first-order valence-electron chi connectivity index (χ1n) is 9.49. The number of benzene rings is 1. The van der Waals surface area contributed by atoms with E-state index in [0.717, 1.165) is 36.6 Å². The summed E-state index contributed by atoms with van der Waals surface area (Å²) in [6, 6.07) is 6.72. The molecule has 1 heterocycles. The third-order valence-corrected chi connectivity index (χ3v) is 5.50. The van der Waals surface area contributed by atoms with Crippen LogP contribution in [0.4, 0.5) is 5.69 Å². The molecule has 1 aromatic carbocycles. The third kappa shape index (κ3) is 7.38. The van der Waals surface area contributed by atoms with Gasteiger partial charge in [-0.2, -0.15) is 0 Å². The van der Waals surface area contributed by atoms with Crippen LogP contribution >= 0.6 is 0 Å². The molecule has 27 heavy (non-hydrogen) atoms. The van der Waals surface area contributed by atoms with E-state index in [-0.39, 0.29) is 18.6 Å². The molecule has 1 aromatic rings. The van der Waals surface area contributed by atoms with Crippen molar-refractivity contribution < 1.29 is 17.9 Å². The lowest BCUT2D eigenvalue weighted by Crippen LogP contribution is -2.41. The van der Waals surface area contributed by atoms with Gasteiger partial charge in [-0.3, -0.25) is 9.10 Å². The van der Waals surface area contributed by atoms with Crippen molar-refractivity contribution in [3.8, 4) is 5.75 Å². The summed E-state index contributed by atoms with van der Waals surface area (Å²) < 4.78 is 31.0. The zero-order chi connectivity index (χ0) is 19.9. The first-order valence-corrected chi connectivity index (χ1v) is 11.3. The van der Waals surface area contributed by atoms with Gasteiger partial charge in [0.05, 0.1) is 18.0 Å². The van der Waals surface area contributed by atoms with Crippen LogP contribution in [0.5, 0.6) is 5.75 Å². The molecule has 1 fully saturated rings. The summed E-state index contributed by atoms with van der Waals surface area (Å²) in [4.78, 5) is 14.6. The molecule has 1 N–H and O–H groups in total. The Balaban J connectivity index is 1.88. The lowest BCUT2D eigenvalue weighted by molar-refractivity contribution is -0.119. The van der Waals surface area contributed by atoms with Crippen LogP contribution in [-0.4, -0.2) is 64.3 Å². The first-order chi connectivity index (χ1) is 12.8. The number of likely N-dealkylation sites (tertiary alicyclic amines) is 1. The quantitative estimate of drug-likeness (QED) is 0.610. The monoisotopic (exact) mass is 397 g/mol. The molecule has 1 aliphatic heterocycles. The molecule has 2 rings (SSSR count). The first kappa shape index (κ1) is 21.5. The minimum absolute atomic E-state index is 0.0354. The van der Waals surface area contributed by atoms with Crippen LogP contribution in [0.2, 0.25) is 0 Å². The van der Waals surface area contributed by atoms with Crippen molar-refractivity contribution in [2.75, 3.05) is 43.3 Å². The number of carbonyl (C=O) groups excluding carboxylic acids is 1. The second kappa shape index (κ2) is 9.94. The molecule has 1 aliphatic rings. The molecule has 0 aliphatic carbocycles. The van der Waals surface area contributed by atoms with Crippen LogP contribution in [0.25, 0.3) is 0 Å². The van der Waals surface area contributed by atoms with Crippen LogP contribution in [0.15, 0.2) is 24.3 Å². The van der Waals surface area contributed by atoms with Gasteiger partial charge in [0.1, 0.15) is 12.3 Å². The van der Waals surface area contributed by atoms with Crippen molar-refractivity contribution in [3.63, 3.8) is 0 Å².